The van der Waals surface area contributed by atoms with Crippen LogP contribution in [0.25, 0.3) is 0 Å². The average Bonchev–Trinajstić information content (AvgIpc) is 2.70. The molecule has 2 amide bonds. The average molecular weight is 429 g/mol. The van der Waals surface area contributed by atoms with E-state index in [0.717, 1.165) is 27.3 Å². The Bertz CT molecular complexity index is 904. The number of rotatable bonds is 10. The van der Waals surface area contributed by atoms with Gasteiger partial charge in [0.2, 0.25) is 0 Å². The molecule has 0 bridgehead atoms. The van der Waals surface area contributed by atoms with Crippen molar-refractivity contribution in [2.45, 2.75) is 27.2 Å². The molecule has 0 saturated carbocycles. The van der Waals surface area contributed by atoms with E-state index in [1.807, 2.05) is 58.2 Å². The molecule has 2 aromatic rings. The Hall–Kier alpha value is -3.06. The first-order chi connectivity index (χ1) is 14.7. The Morgan fingerprint density at radius 1 is 0.903 bits per heavy atom. The number of amides is 2. The topological polar surface area (TPSA) is 81.1 Å². The summed E-state index contributed by atoms with van der Waals surface area (Å²) in [5.41, 5.74) is 5.14. The smallest absolute Gasteiger partial charge is 0.279 e. The van der Waals surface area contributed by atoms with E-state index >= 15 is 0 Å². The lowest BCUT2D eigenvalue weighted by atomic mass is 10.1. The first kappa shape index (κ1) is 24.2. The number of quaternary nitrogens is 1. The second-order valence-electron chi connectivity index (χ2n) is 7.92. The van der Waals surface area contributed by atoms with Crippen molar-refractivity contribution in [3.8, 4) is 11.5 Å². The molecule has 7 heteroatoms. The summed E-state index contributed by atoms with van der Waals surface area (Å²) in [6.07, 6.45) is 0.678. The minimum Gasteiger partial charge on any atom is -0.493 e. The van der Waals surface area contributed by atoms with Crippen LogP contribution in [0.1, 0.15) is 22.3 Å². The van der Waals surface area contributed by atoms with Gasteiger partial charge in [0.15, 0.2) is 24.6 Å². The van der Waals surface area contributed by atoms with Gasteiger partial charge in [0.25, 0.3) is 11.8 Å². The molecule has 2 rings (SSSR count). The number of anilines is 1. The van der Waals surface area contributed by atoms with Gasteiger partial charge in [-0.2, -0.15) is 0 Å². The highest BCUT2D eigenvalue weighted by atomic mass is 16.5. The van der Waals surface area contributed by atoms with Gasteiger partial charge in [-0.15, -0.1) is 0 Å². The summed E-state index contributed by atoms with van der Waals surface area (Å²) in [5.74, 6) is 1.15. The first-order valence-corrected chi connectivity index (χ1v) is 10.4. The molecule has 168 valence electrons. The minimum absolute atomic E-state index is 0.0894. The number of aryl methyl sites for hydroxylation is 3. The lowest BCUT2D eigenvalue weighted by Gasteiger charge is -2.16. The summed E-state index contributed by atoms with van der Waals surface area (Å²) < 4.78 is 10.5. The van der Waals surface area contributed by atoms with Gasteiger partial charge < -0.3 is 25.0 Å². The lowest BCUT2D eigenvalue weighted by molar-refractivity contribution is -0.862. The van der Waals surface area contributed by atoms with Crippen LogP contribution in [0, 0.1) is 20.8 Å². The third-order valence-electron chi connectivity index (χ3n) is 5.05. The van der Waals surface area contributed by atoms with E-state index in [4.69, 9.17) is 9.47 Å². The van der Waals surface area contributed by atoms with Gasteiger partial charge in [-0.3, -0.25) is 9.59 Å². The zero-order chi connectivity index (χ0) is 23.0. The van der Waals surface area contributed by atoms with Gasteiger partial charge in [-0.1, -0.05) is 23.8 Å². The lowest BCUT2D eigenvalue weighted by Crippen LogP contribution is -3.11. The van der Waals surface area contributed by atoms with Crippen LogP contribution in [0.4, 0.5) is 5.69 Å². The number of nitrogens with one attached hydrogen (secondary N) is 3. The summed E-state index contributed by atoms with van der Waals surface area (Å²) in [7, 11) is 5.03. The van der Waals surface area contributed by atoms with Gasteiger partial charge in [0, 0.05) is 12.2 Å². The zero-order valence-electron chi connectivity index (χ0n) is 19.3. The van der Waals surface area contributed by atoms with E-state index in [-0.39, 0.29) is 24.9 Å². The van der Waals surface area contributed by atoms with Gasteiger partial charge in [0.05, 0.1) is 21.3 Å². The second kappa shape index (κ2) is 11.4. The fraction of sp³-hybridized carbons (Fsp3) is 0.417. The molecule has 0 spiro atoms. The van der Waals surface area contributed by atoms with Crippen molar-refractivity contribution >= 4 is 17.5 Å². The van der Waals surface area contributed by atoms with E-state index in [9.17, 15) is 9.59 Å². The molecule has 0 radical (unpaired) electrons. The molecule has 3 N–H and O–H groups in total. The predicted molar refractivity (Wildman–Crippen MR) is 122 cm³/mol. The van der Waals surface area contributed by atoms with Gasteiger partial charge in [-0.25, -0.2) is 0 Å². The van der Waals surface area contributed by atoms with Crippen molar-refractivity contribution in [3.63, 3.8) is 0 Å². The number of carbonyl (C=O) groups excluding carboxylic acids is 2. The molecule has 0 aromatic heterocycles. The maximum Gasteiger partial charge on any atom is 0.279 e. The van der Waals surface area contributed by atoms with Crippen LogP contribution >= 0.6 is 0 Å². The highest BCUT2D eigenvalue weighted by molar-refractivity contribution is 5.93. The molecule has 0 saturated heterocycles. The Morgan fingerprint density at radius 2 is 1.52 bits per heavy atom. The highest BCUT2D eigenvalue weighted by Gasteiger charge is 2.16. The first-order valence-electron chi connectivity index (χ1n) is 10.4. The van der Waals surface area contributed by atoms with Crippen molar-refractivity contribution < 1.29 is 24.0 Å². The number of hydrogen-bond donors (Lipinski definition) is 3. The SMILES string of the molecule is COc1ccc(CCNC(=O)C[NH+](C)CC(=O)Nc2c(C)cc(C)cc2C)cc1OC. The molecular weight excluding hydrogens is 394 g/mol. The van der Waals surface area contributed by atoms with E-state index < -0.39 is 0 Å². The monoisotopic (exact) mass is 428 g/mol. The van der Waals surface area contributed by atoms with Gasteiger partial charge >= 0.3 is 0 Å². The number of benzene rings is 2. The number of likely N-dealkylation sites (N-methyl/N-ethyl adjacent to an activating group) is 1. The molecule has 31 heavy (non-hydrogen) atoms. The molecule has 0 fully saturated rings. The summed E-state index contributed by atoms with van der Waals surface area (Å²) in [6, 6.07) is 9.80. The Morgan fingerprint density at radius 3 is 2.13 bits per heavy atom. The van der Waals surface area contributed by atoms with Gasteiger partial charge in [-0.05, 0) is 56.0 Å². The van der Waals surface area contributed by atoms with E-state index in [0.29, 0.717) is 24.5 Å². The molecule has 0 aliphatic heterocycles. The van der Waals surface area contributed by atoms with Gasteiger partial charge in [0.1, 0.15) is 0 Å². The van der Waals surface area contributed by atoms with Crippen molar-refractivity contribution in [1.29, 1.82) is 0 Å². The molecule has 1 unspecified atom stereocenters. The quantitative estimate of drug-likeness (QED) is 0.535. The molecular formula is C24H34N3O4+. The van der Waals surface area contributed by atoms with Crippen LogP contribution < -0.4 is 25.0 Å². The van der Waals surface area contributed by atoms with E-state index in [2.05, 4.69) is 10.6 Å². The number of hydrogen-bond acceptors (Lipinski definition) is 4. The molecule has 1 atom stereocenters. The summed E-state index contributed by atoms with van der Waals surface area (Å²) in [6.45, 7) is 6.96. The third kappa shape index (κ3) is 7.29. The van der Waals surface area contributed by atoms with Crippen LogP contribution in [0.3, 0.4) is 0 Å². The molecule has 7 nitrogen and oxygen atoms in total. The maximum absolute atomic E-state index is 12.4. The fourth-order valence-electron chi connectivity index (χ4n) is 3.62. The predicted octanol–water partition coefficient (Wildman–Crippen LogP) is 1.44. The summed E-state index contributed by atoms with van der Waals surface area (Å²) >= 11 is 0. The van der Waals surface area contributed by atoms with E-state index in [1.54, 1.807) is 14.2 Å². The third-order valence-corrected chi connectivity index (χ3v) is 5.05. The Kier molecular flexibility index (Phi) is 8.88. The second-order valence-corrected chi connectivity index (χ2v) is 7.92. The summed E-state index contributed by atoms with van der Waals surface area (Å²) in [4.78, 5) is 25.5. The Labute approximate surface area is 184 Å². The van der Waals surface area contributed by atoms with Crippen molar-refractivity contribution in [2.24, 2.45) is 0 Å². The van der Waals surface area contributed by atoms with Crippen molar-refractivity contribution in [1.82, 2.24) is 5.32 Å². The van der Waals surface area contributed by atoms with Crippen LogP contribution in [0.5, 0.6) is 11.5 Å². The van der Waals surface area contributed by atoms with Crippen LogP contribution in [0.2, 0.25) is 0 Å². The zero-order valence-corrected chi connectivity index (χ0v) is 19.3. The fourth-order valence-corrected chi connectivity index (χ4v) is 3.62. The van der Waals surface area contributed by atoms with Crippen LogP contribution in [-0.2, 0) is 16.0 Å². The molecule has 0 aliphatic rings. The molecule has 0 heterocycles. The van der Waals surface area contributed by atoms with Crippen LogP contribution in [0.15, 0.2) is 30.3 Å². The highest BCUT2D eigenvalue weighted by Crippen LogP contribution is 2.27. The summed E-state index contributed by atoms with van der Waals surface area (Å²) in [5, 5.41) is 5.89. The number of carbonyl (C=O) groups is 2. The van der Waals surface area contributed by atoms with Crippen LogP contribution in [-0.4, -0.2) is 52.7 Å². The normalized spacial score (nSPS) is 11.5. The maximum atomic E-state index is 12.4. The number of ether oxygens (including phenoxy) is 2. The standard InChI is InChI=1S/C24H33N3O4/c1-16-11-17(2)24(18(3)12-16)26-23(29)15-27(4)14-22(28)25-10-9-19-7-8-20(30-5)21(13-19)31-6/h7-8,11-13H,9-10,14-15H2,1-6H3,(H,25,28)(H,26,29)/p+1. The minimum atomic E-state index is -0.106. The Balaban J connectivity index is 1.78. The molecule has 0 aliphatic carbocycles. The largest absolute Gasteiger partial charge is 0.493 e. The number of methoxy groups -OCH3 is 2. The van der Waals surface area contributed by atoms with Crippen molar-refractivity contribution in [2.75, 3.05) is 46.2 Å². The van der Waals surface area contributed by atoms with E-state index in [1.165, 1.54) is 5.56 Å². The molecule has 2 aromatic carbocycles. The van der Waals surface area contributed by atoms with Crippen molar-refractivity contribution in [3.05, 3.63) is 52.6 Å².